The Morgan fingerprint density at radius 3 is 2.62 bits per heavy atom. The average molecular weight is 356 g/mol. The molecule has 2 rings (SSSR count). The number of hydrogen-bond donors (Lipinski definition) is 2. The first-order chi connectivity index (χ1) is 10.9. The number of aromatic nitrogens is 3. The van der Waals surface area contributed by atoms with E-state index in [2.05, 4.69) is 20.7 Å². The Kier molecular flexibility index (Phi) is 7.31. The Hall–Kier alpha value is -1.99. The second-order valence-corrected chi connectivity index (χ2v) is 5.74. The average Bonchev–Trinajstić information content (AvgIpc) is 2.97. The van der Waals surface area contributed by atoms with Crippen LogP contribution in [0.3, 0.4) is 0 Å². The van der Waals surface area contributed by atoms with Gasteiger partial charge in [-0.15, -0.1) is 17.5 Å². The zero-order valence-corrected chi connectivity index (χ0v) is 15.0. The second-order valence-electron chi connectivity index (χ2n) is 5.74. The van der Waals surface area contributed by atoms with Crippen LogP contribution in [0, 0.1) is 5.82 Å². The molecule has 24 heavy (non-hydrogen) atoms. The van der Waals surface area contributed by atoms with Crippen molar-refractivity contribution in [2.45, 2.75) is 32.7 Å². The fourth-order valence-electron chi connectivity index (χ4n) is 2.02. The quantitative estimate of drug-likeness (QED) is 0.834. The number of amides is 1. The maximum atomic E-state index is 13.5. The van der Waals surface area contributed by atoms with Crippen molar-refractivity contribution in [1.82, 2.24) is 25.4 Å². The Labute approximate surface area is 147 Å². The van der Waals surface area contributed by atoms with E-state index < -0.39 is 0 Å². The third-order valence-corrected chi connectivity index (χ3v) is 3.47. The first-order valence-corrected chi connectivity index (χ1v) is 7.60. The van der Waals surface area contributed by atoms with Crippen LogP contribution in [-0.2, 0) is 0 Å². The van der Waals surface area contributed by atoms with Crippen molar-refractivity contribution < 1.29 is 9.18 Å². The van der Waals surface area contributed by atoms with Gasteiger partial charge in [-0.2, -0.15) is 0 Å². The molecule has 1 aromatic heterocycles. The second kappa shape index (κ2) is 8.75. The summed E-state index contributed by atoms with van der Waals surface area (Å²) in [6.45, 7) is 6.33. The third-order valence-electron chi connectivity index (χ3n) is 3.47. The van der Waals surface area contributed by atoms with Crippen LogP contribution in [0.15, 0.2) is 24.3 Å². The van der Waals surface area contributed by atoms with Crippen LogP contribution >= 0.6 is 12.4 Å². The summed E-state index contributed by atoms with van der Waals surface area (Å²) in [6, 6.07) is 6.21. The van der Waals surface area contributed by atoms with Gasteiger partial charge in [0.25, 0.3) is 5.91 Å². The van der Waals surface area contributed by atoms with Crippen LogP contribution in [-0.4, -0.2) is 40.3 Å². The topological polar surface area (TPSA) is 71.8 Å². The van der Waals surface area contributed by atoms with E-state index in [1.165, 1.54) is 16.8 Å². The summed E-state index contributed by atoms with van der Waals surface area (Å²) in [7, 11) is 1.82. The summed E-state index contributed by atoms with van der Waals surface area (Å²) in [5, 5.41) is 10.1. The molecule has 0 spiro atoms. The highest BCUT2D eigenvalue weighted by Gasteiger charge is 2.19. The molecule has 0 bridgehead atoms. The molecular formula is C16H23ClFN5O. The number of nitrogens with one attached hydrogen (secondary N) is 2. The van der Waals surface area contributed by atoms with Crippen LogP contribution in [0.2, 0.25) is 0 Å². The summed E-state index contributed by atoms with van der Waals surface area (Å²) in [5.74, 6) is 0.0398. The normalized spacial score (nSPS) is 11.9. The minimum absolute atomic E-state index is 0. The molecule has 8 heteroatoms. The predicted octanol–water partition coefficient (Wildman–Crippen LogP) is 2.29. The molecule has 0 aliphatic carbocycles. The lowest BCUT2D eigenvalue weighted by Gasteiger charge is -2.09. The largest absolute Gasteiger partial charge is 0.348 e. The van der Waals surface area contributed by atoms with Crippen LogP contribution in [0.25, 0.3) is 5.69 Å². The maximum Gasteiger partial charge on any atom is 0.291 e. The van der Waals surface area contributed by atoms with Crippen LogP contribution < -0.4 is 10.6 Å². The lowest BCUT2D eigenvalue weighted by Crippen LogP contribution is -2.37. The van der Waals surface area contributed by atoms with E-state index in [0.717, 1.165) is 0 Å². The highest BCUT2D eigenvalue weighted by molar-refractivity contribution is 5.90. The number of carbonyl (C=O) groups is 1. The Morgan fingerprint density at radius 1 is 1.33 bits per heavy atom. The molecule has 6 nitrogen and oxygen atoms in total. The van der Waals surface area contributed by atoms with E-state index >= 15 is 0 Å². The van der Waals surface area contributed by atoms with Gasteiger partial charge in [-0.05, 0) is 32.2 Å². The first-order valence-electron chi connectivity index (χ1n) is 7.60. The van der Waals surface area contributed by atoms with Crippen molar-refractivity contribution in [2.75, 3.05) is 13.6 Å². The molecule has 132 valence electrons. The molecule has 0 aliphatic heterocycles. The summed E-state index contributed by atoms with van der Waals surface area (Å²) >= 11 is 0. The number of rotatable bonds is 6. The SMILES string of the molecule is CNC(C)CNC(=O)c1nc(C(C)C)n(-c2cccc(F)c2)n1.Cl. The standard InChI is InChI=1S/C16H22FN5O.ClH/c1-10(2)15-20-14(16(23)19-9-11(3)18-4)21-22(15)13-7-5-6-12(17)8-13;/h5-8,10-11,18H,9H2,1-4H3,(H,19,23);1H. The van der Waals surface area contributed by atoms with Crippen molar-refractivity contribution in [3.63, 3.8) is 0 Å². The molecule has 0 radical (unpaired) electrons. The number of hydrogen-bond acceptors (Lipinski definition) is 4. The minimum atomic E-state index is -0.360. The predicted molar refractivity (Wildman–Crippen MR) is 93.5 cm³/mol. The van der Waals surface area contributed by atoms with Crippen LogP contribution in [0.5, 0.6) is 0 Å². The van der Waals surface area contributed by atoms with Crippen molar-refractivity contribution in [1.29, 1.82) is 0 Å². The van der Waals surface area contributed by atoms with Gasteiger partial charge < -0.3 is 10.6 Å². The molecule has 1 amide bonds. The van der Waals surface area contributed by atoms with E-state index in [9.17, 15) is 9.18 Å². The lowest BCUT2D eigenvalue weighted by atomic mass is 10.2. The van der Waals surface area contributed by atoms with Gasteiger partial charge in [0.15, 0.2) is 0 Å². The van der Waals surface area contributed by atoms with Crippen molar-refractivity contribution in [2.24, 2.45) is 0 Å². The Bertz CT molecular complexity index is 689. The van der Waals surface area contributed by atoms with Crippen LogP contribution in [0.4, 0.5) is 4.39 Å². The molecule has 2 N–H and O–H groups in total. The smallest absolute Gasteiger partial charge is 0.291 e. The Balaban J connectivity index is 0.00000288. The van der Waals surface area contributed by atoms with E-state index in [1.807, 2.05) is 27.8 Å². The van der Waals surface area contributed by atoms with E-state index in [0.29, 0.717) is 18.1 Å². The van der Waals surface area contributed by atoms with Gasteiger partial charge >= 0.3 is 0 Å². The molecule has 1 heterocycles. The highest BCUT2D eigenvalue weighted by Crippen LogP contribution is 2.18. The summed E-state index contributed by atoms with van der Waals surface area (Å²) in [5.41, 5.74) is 0.545. The summed E-state index contributed by atoms with van der Waals surface area (Å²) < 4.78 is 15.0. The van der Waals surface area contributed by atoms with Gasteiger partial charge in [0.05, 0.1) is 5.69 Å². The molecule has 1 unspecified atom stereocenters. The highest BCUT2D eigenvalue weighted by atomic mass is 35.5. The summed E-state index contributed by atoms with van der Waals surface area (Å²) in [6.07, 6.45) is 0. The lowest BCUT2D eigenvalue weighted by molar-refractivity contribution is 0.0940. The van der Waals surface area contributed by atoms with Gasteiger partial charge in [-0.3, -0.25) is 4.79 Å². The molecule has 2 aromatic rings. The number of benzene rings is 1. The molecule has 0 saturated heterocycles. The third kappa shape index (κ3) is 4.75. The van der Waals surface area contributed by atoms with Crippen molar-refractivity contribution in [3.8, 4) is 5.69 Å². The zero-order valence-electron chi connectivity index (χ0n) is 14.2. The number of likely N-dealkylation sites (N-methyl/N-ethyl adjacent to an activating group) is 1. The Morgan fingerprint density at radius 2 is 2.04 bits per heavy atom. The zero-order chi connectivity index (χ0) is 17.0. The first kappa shape index (κ1) is 20.1. The van der Waals surface area contributed by atoms with E-state index in [-0.39, 0.29) is 41.9 Å². The van der Waals surface area contributed by atoms with E-state index in [1.54, 1.807) is 12.1 Å². The van der Waals surface area contributed by atoms with Gasteiger partial charge in [0.2, 0.25) is 5.82 Å². The monoisotopic (exact) mass is 355 g/mol. The number of halogens is 2. The van der Waals surface area contributed by atoms with Crippen LogP contribution in [0.1, 0.15) is 43.1 Å². The minimum Gasteiger partial charge on any atom is -0.348 e. The van der Waals surface area contributed by atoms with Gasteiger partial charge in [-0.1, -0.05) is 19.9 Å². The maximum absolute atomic E-state index is 13.5. The molecular weight excluding hydrogens is 333 g/mol. The summed E-state index contributed by atoms with van der Waals surface area (Å²) in [4.78, 5) is 16.5. The molecule has 1 atom stereocenters. The van der Waals surface area contributed by atoms with Crippen molar-refractivity contribution >= 4 is 18.3 Å². The van der Waals surface area contributed by atoms with Crippen molar-refractivity contribution in [3.05, 3.63) is 41.7 Å². The van der Waals surface area contributed by atoms with E-state index in [4.69, 9.17) is 0 Å². The molecule has 0 saturated carbocycles. The number of carbonyl (C=O) groups excluding carboxylic acids is 1. The van der Waals surface area contributed by atoms with Gasteiger partial charge in [-0.25, -0.2) is 14.1 Å². The fraction of sp³-hybridized carbons (Fsp3) is 0.438. The van der Waals surface area contributed by atoms with Gasteiger partial charge in [0.1, 0.15) is 11.6 Å². The molecule has 0 aliphatic rings. The molecule has 1 aromatic carbocycles. The molecule has 0 fully saturated rings. The fourth-order valence-corrected chi connectivity index (χ4v) is 2.02. The number of nitrogens with zero attached hydrogens (tertiary/aromatic N) is 3. The van der Waals surface area contributed by atoms with Gasteiger partial charge in [0, 0.05) is 18.5 Å².